The molecule has 0 fully saturated rings. The van der Waals surface area contributed by atoms with Crippen LogP contribution >= 0.6 is 0 Å². The Morgan fingerprint density at radius 1 is 1.17 bits per heavy atom. The number of nitrogens with zero attached hydrogens (tertiary/aromatic N) is 1. The van der Waals surface area contributed by atoms with Gasteiger partial charge in [0.15, 0.2) is 0 Å². The van der Waals surface area contributed by atoms with E-state index in [1.54, 1.807) is 6.07 Å². The standard InChI is InChI=1S/C15H14N2O6/c1-22-14(18)11-8-16-12(15(19)23-2)7-10(11)9-5-3-4-6-13(9)17(20)21/h3-8,10,16H,1-2H3. The largest absolute Gasteiger partial charge is 0.466 e. The van der Waals surface area contributed by atoms with Gasteiger partial charge in [-0.3, -0.25) is 10.1 Å². The van der Waals surface area contributed by atoms with Crippen LogP contribution < -0.4 is 5.32 Å². The normalized spacial score (nSPS) is 16.5. The number of allylic oxidation sites excluding steroid dienone is 1. The van der Waals surface area contributed by atoms with Gasteiger partial charge < -0.3 is 14.8 Å². The third-order valence-electron chi connectivity index (χ3n) is 3.35. The van der Waals surface area contributed by atoms with Crippen LogP contribution in [0.5, 0.6) is 0 Å². The Labute approximate surface area is 131 Å². The van der Waals surface area contributed by atoms with Gasteiger partial charge in [0.1, 0.15) is 5.70 Å². The van der Waals surface area contributed by atoms with Crippen molar-refractivity contribution < 1.29 is 24.0 Å². The number of methoxy groups -OCH3 is 2. The molecule has 0 aromatic heterocycles. The molecule has 8 nitrogen and oxygen atoms in total. The summed E-state index contributed by atoms with van der Waals surface area (Å²) in [6.45, 7) is 0. The van der Waals surface area contributed by atoms with Gasteiger partial charge in [0.2, 0.25) is 0 Å². The molecule has 1 aromatic rings. The van der Waals surface area contributed by atoms with Crippen molar-refractivity contribution in [3.05, 3.63) is 63.5 Å². The average Bonchev–Trinajstić information content (AvgIpc) is 2.59. The molecular formula is C15H14N2O6. The minimum Gasteiger partial charge on any atom is -0.466 e. The molecule has 1 atom stereocenters. The molecule has 0 spiro atoms. The summed E-state index contributed by atoms with van der Waals surface area (Å²) in [5.41, 5.74) is 0.351. The van der Waals surface area contributed by atoms with Gasteiger partial charge in [-0.2, -0.15) is 0 Å². The molecule has 1 aliphatic rings. The van der Waals surface area contributed by atoms with Crippen molar-refractivity contribution in [2.75, 3.05) is 14.2 Å². The van der Waals surface area contributed by atoms with Crippen LogP contribution in [0.25, 0.3) is 0 Å². The molecule has 0 amide bonds. The van der Waals surface area contributed by atoms with Crippen molar-refractivity contribution in [2.45, 2.75) is 5.92 Å². The van der Waals surface area contributed by atoms with Crippen LogP contribution in [-0.4, -0.2) is 31.1 Å². The summed E-state index contributed by atoms with van der Waals surface area (Å²) in [7, 11) is 2.42. The Bertz CT molecular complexity index is 722. The van der Waals surface area contributed by atoms with E-state index in [1.807, 2.05) is 0 Å². The van der Waals surface area contributed by atoms with Gasteiger partial charge >= 0.3 is 11.9 Å². The van der Waals surface area contributed by atoms with E-state index in [2.05, 4.69) is 10.1 Å². The van der Waals surface area contributed by atoms with E-state index < -0.39 is 22.8 Å². The van der Waals surface area contributed by atoms with Crippen molar-refractivity contribution in [3.8, 4) is 0 Å². The van der Waals surface area contributed by atoms with Crippen molar-refractivity contribution in [1.82, 2.24) is 5.32 Å². The van der Waals surface area contributed by atoms with Gasteiger partial charge in [0, 0.05) is 23.7 Å². The minimum atomic E-state index is -0.806. The molecule has 0 aliphatic carbocycles. The van der Waals surface area contributed by atoms with Crippen LogP contribution in [0.2, 0.25) is 0 Å². The maximum atomic E-state index is 11.9. The predicted molar refractivity (Wildman–Crippen MR) is 79.2 cm³/mol. The molecule has 23 heavy (non-hydrogen) atoms. The zero-order chi connectivity index (χ0) is 17.0. The van der Waals surface area contributed by atoms with E-state index in [9.17, 15) is 19.7 Å². The highest BCUT2D eigenvalue weighted by molar-refractivity contribution is 5.94. The highest BCUT2D eigenvalue weighted by Gasteiger charge is 2.31. The number of esters is 2. The predicted octanol–water partition coefficient (Wildman–Crippen LogP) is 1.40. The molecule has 0 bridgehead atoms. The van der Waals surface area contributed by atoms with E-state index >= 15 is 0 Å². The third kappa shape index (κ3) is 3.20. The van der Waals surface area contributed by atoms with Crippen LogP contribution in [-0.2, 0) is 19.1 Å². The highest BCUT2D eigenvalue weighted by Crippen LogP contribution is 2.35. The molecule has 0 radical (unpaired) electrons. The van der Waals surface area contributed by atoms with Crippen LogP contribution in [0.3, 0.4) is 0 Å². The molecule has 0 saturated heterocycles. The van der Waals surface area contributed by atoms with Crippen LogP contribution in [0.1, 0.15) is 11.5 Å². The maximum absolute atomic E-state index is 11.9. The number of rotatable bonds is 4. The molecule has 120 valence electrons. The summed E-state index contributed by atoms with van der Waals surface area (Å²) >= 11 is 0. The number of ether oxygens (including phenoxy) is 2. The van der Waals surface area contributed by atoms with Gasteiger partial charge in [0.05, 0.1) is 24.7 Å². The molecule has 1 N–H and O–H groups in total. The highest BCUT2D eigenvalue weighted by atomic mass is 16.6. The van der Waals surface area contributed by atoms with E-state index in [-0.39, 0.29) is 22.5 Å². The number of nitro benzene ring substituents is 1. The molecule has 8 heteroatoms. The lowest BCUT2D eigenvalue weighted by Crippen LogP contribution is -2.26. The number of carbonyl (C=O) groups excluding carboxylic acids is 2. The minimum absolute atomic E-state index is 0.0864. The average molecular weight is 318 g/mol. The van der Waals surface area contributed by atoms with E-state index in [0.717, 1.165) is 0 Å². The number of nitrogens with one attached hydrogen (secondary N) is 1. The zero-order valence-corrected chi connectivity index (χ0v) is 12.4. The maximum Gasteiger partial charge on any atom is 0.354 e. The molecule has 1 aliphatic heterocycles. The summed E-state index contributed by atoms with van der Waals surface area (Å²) in [6, 6.07) is 5.99. The summed E-state index contributed by atoms with van der Waals surface area (Å²) in [6.07, 6.45) is 2.69. The summed E-state index contributed by atoms with van der Waals surface area (Å²) < 4.78 is 9.33. The quantitative estimate of drug-likeness (QED) is 0.508. The van der Waals surface area contributed by atoms with E-state index in [4.69, 9.17) is 4.74 Å². The second-order valence-electron chi connectivity index (χ2n) is 4.60. The Morgan fingerprint density at radius 2 is 1.83 bits per heavy atom. The first-order valence-electron chi connectivity index (χ1n) is 6.58. The topological polar surface area (TPSA) is 108 Å². The fourth-order valence-corrected chi connectivity index (χ4v) is 2.26. The number of hydrogen-bond donors (Lipinski definition) is 1. The summed E-state index contributed by atoms with van der Waals surface area (Å²) in [4.78, 5) is 34.3. The first-order chi connectivity index (χ1) is 11.0. The number of carbonyl (C=O) groups is 2. The van der Waals surface area contributed by atoms with E-state index in [0.29, 0.717) is 0 Å². The van der Waals surface area contributed by atoms with Gasteiger partial charge in [0.25, 0.3) is 5.69 Å². The molecule has 1 aromatic carbocycles. The first kappa shape index (κ1) is 16.2. The summed E-state index contributed by atoms with van der Waals surface area (Å²) in [5.74, 6) is -2.10. The zero-order valence-electron chi connectivity index (χ0n) is 12.4. The smallest absolute Gasteiger partial charge is 0.354 e. The van der Waals surface area contributed by atoms with Gasteiger partial charge in [-0.1, -0.05) is 18.2 Å². The monoisotopic (exact) mass is 318 g/mol. The second-order valence-corrected chi connectivity index (χ2v) is 4.60. The third-order valence-corrected chi connectivity index (χ3v) is 3.35. The second kappa shape index (κ2) is 6.73. The first-order valence-corrected chi connectivity index (χ1v) is 6.58. The van der Waals surface area contributed by atoms with Crippen LogP contribution in [0.15, 0.2) is 47.8 Å². The fraction of sp³-hybridized carbons (Fsp3) is 0.200. The molecule has 1 heterocycles. The number of benzene rings is 1. The Kier molecular flexibility index (Phi) is 4.75. The molecule has 0 saturated carbocycles. The fourth-order valence-electron chi connectivity index (χ4n) is 2.26. The Balaban J connectivity index is 2.56. The molecular weight excluding hydrogens is 304 g/mol. The number of hydrogen-bond acceptors (Lipinski definition) is 7. The van der Waals surface area contributed by atoms with Crippen LogP contribution in [0, 0.1) is 10.1 Å². The van der Waals surface area contributed by atoms with Crippen LogP contribution in [0.4, 0.5) is 5.69 Å². The number of dihydropyridines is 1. The lowest BCUT2D eigenvalue weighted by molar-refractivity contribution is -0.385. The number of nitro groups is 1. The Morgan fingerprint density at radius 3 is 2.43 bits per heavy atom. The van der Waals surface area contributed by atoms with Crippen molar-refractivity contribution in [2.24, 2.45) is 0 Å². The molecule has 2 rings (SSSR count). The lowest BCUT2D eigenvalue weighted by atomic mass is 9.87. The van der Waals surface area contributed by atoms with Crippen molar-refractivity contribution >= 4 is 17.6 Å². The van der Waals surface area contributed by atoms with Crippen molar-refractivity contribution in [3.63, 3.8) is 0 Å². The van der Waals surface area contributed by atoms with Gasteiger partial charge in [-0.15, -0.1) is 0 Å². The Hall–Kier alpha value is -3.16. The molecule has 1 unspecified atom stereocenters. The number of para-hydroxylation sites is 1. The van der Waals surface area contributed by atoms with Crippen molar-refractivity contribution in [1.29, 1.82) is 0 Å². The SMILES string of the molecule is COC(=O)C1=CC(c2ccccc2[N+](=O)[O-])C(C(=O)OC)=CN1. The lowest BCUT2D eigenvalue weighted by Gasteiger charge is -2.21. The van der Waals surface area contributed by atoms with E-state index in [1.165, 1.54) is 44.7 Å². The van der Waals surface area contributed by atoms with Gasteiger partial charge in [-0.25, -0.2) is 9.59 Å². The van der Waals surface area contributed by atoms with Gasteiger partial charge in [-0.05, 0) is 6.08 Å². The summed E-state index contributed by atoms with van der Waals surface area (Å²) in [5, 5.41) is 13.9.